The molecule has 0 unspecified atom stereocenters. The van der Waals surface area contributed by atoms with Gasteiger partial charge in [0.05, 0.1) is 10.4 Å². The van der Waals surface area contributed by atoms with Crippen LogP contribution in [0, 0.1) is 13.8 Å². The third kappa shape index (κ3) is 3.36. The number of aromatic nitrogens is 1. The maximum atomic E-state index is 13.3. The summed E-state index contributed by atoms with van der Waals surface area (Å²) in [4.78, 5) is 18.8. The predicted octanol–water partition coefficient (Wildman–Crippen LogP) is 4.00. The van der Waals surface area contributed by atoms with Gasteiger partial charge in [-0.1, -0.05) is 12.1 Å². The van der Waals surface area contributed by atoms with Gasteiger partial charge in [0, 0.05) is 60.3 Å². The average Bonchev–Trinajstić information content (AvgIpc) is 3.08. The highest BCUT2D eigenvalue weighted by Crippen LogP contribution is 2.32. The van der Waals surface area contributed by atoms with Crippen molar-refractivity contribution in [3.8, 4) is 0 Å². The van der Waals surface area contributed by atoms with Crippen LogP contribution < -0.4 is 0 Å². The molecule has 0 atom stereocenters. The summed E-state index contributed by atoms with van der Waals surface area (Å²) in [5.41, 5.74) is 5.18. The van der Waals surface area contributed by atoms with Gasteiger partial charge in [-0.25, -0.2) is 12.7 Å². The van der Waals surface area contributed by atoms with E-state index in [0.717, 1.165) is 38.6 Å². The number of amides is 1. The molecule has 0 radical (unpaired) electrons. The van der Waals surface area contributed by atoms with Gasteiger partial charge in [0.15, 0.2) is 0 Å². The van der Waals surface area contributed by atoms with Crippen molar-refractivity contribution in [2.45, 2.75) is 31.7 Å². The molecule has 4 rings (SSSR count). The molecule has 158 valence electrons. The van der Waals surface area contributed by atoms with E-state index in [9.17, 15) is 13.2 Å². The van der Waals surface area contributed by atoms with Crippen LogP contribution >= 0.6 is 15.9 Å². The second kappa shape index (κ2) is 7.51. The average molecular weight is 490 g/mol. The molecule has 1 N–H and O–H groups in total. The number of carbonyl (C=O) groups excluding carboxylic acids is 1. The molecule has 0 saturated heterocycles. The van der Waals surface area contributed by atoms with Gasteiger partial charge in [0.2, 0.25) is 10.0 Å². The molecule has 30 heavy (non-hydrogen) atoms. The molecule has 3 aromatic rings. The van der Waals surface area contributed by atoms with Crippen molar-refractivity contribution in [3.63, 3.8) is 0 Å². The zero-order valence-corrected chi connectivity index (χ0v) is 19.8. The van der Waals surface area contributed by atoms with E-state index in [1.807, 2.05) is 19.1 Å². The van der Waals surface area contributed by atoms with Crippen LogP contribution in [0.5, 0.6) is 0 Å². The first kappa shape index (κ1) is 21.1. The van der Waals surface area contributed by atoms with E-state index in [1.165, 1.54) is 24.5 Å². The monoisotopic (exact) mass is 489 g/mol. The summed E-state index contributed by atoms with van der Waals surface area (Å²) in [6.45, 7) is 4.69. The summed E-state index contributed by atoms with van der Waals surface area (Å²) < 4.78 is 27.7. The number of hydrogen-bond acceptors (Lipinski definition) is 3. The summed E-state index contributed by atoms with van der Waals surface area (Å²) in [6, 6.07) is 9.34. The molecule has 0 bridgehead atoms. The molecule has 6 nitrogen and oxygen atoms in total. The van der Waals surface area contributed by atoms with Crippen LogP contribution in [0.25, 0.3) is 10.9 Å². The summed E-state index contributed by atoms with van der Waals surface area (Å²) in [7, 11) is -0.638. The smallest absolute Gasteiger partial charge is 0.254 e. The number of para-hydroxylation sites is 1. The lowest BCUT2D eigenvalue weighted by Crippen LogP contribution is -2.36. The van der Waals surface area contributed by atoms with Crippen LogP contribution in [0.1, 0.15) is 32.7 Å². The number of nitrogens with one attached hydrogen (secondary N) is 1. The number of benzene rings is 2. The number of aromatic amines is 1. The van der Waals surface area contributed by atoms with Crippen molar-refractivity contribution in [1.29, 1.82) is 0 Å². The summed E-state index contributed by atoms with van der Waals surface area (Å²) in [5.74, 6) is -0.150. The third-order valence-electron chi connectivity index (χ3n) is 5.87. The fraction of sp³-hybridized carbons (Fsp3) is 0.318. The van der Waals surface area contributed by atoms with Crippen molar-refractivity contribution in [2.75, 3.05) is 20.6 Å². The fourth-order valence-electron chi connectivity index (χ4n) is 3.97. The van der Waals surface area contributed by atoms with Crippen LogP contribution in [0.2, 0.25) is 0 Å². The highest BCUT2D eigenvalue weighted by atomic mass is 79.9. The third-order valence-corrected chi connectivity index (χ3v) is 8.47. The van der Waals surface area contributed by atoms with Gasteiger partial charge < -0.3 is 9.88 Å². The molecule has 1 aromatic heterocycles. The van der Waals surface area contributed by atoms with Crippen molar-refractivity contribution >= 4 is 42.8 Å². The highest BCUT2D eigenvalue weighted by Gasteiger charge is 2.28. The van der Waals surface area contributed by atoms with Crippen molar-refractivity contribution in [3.05, 3.63) is 62.8 Å². The van der Waals surface area contributed by atoms with Crippen molar-refractivity contribution in [2.24, 2.45) is 0 Å². The van der Waals surface area contributed by atoms with Gasteiger partial charge in [-0.05, 0) is 59.1 Å². The fourth-order valence-corrected chi connectivity index (χ4v) is 5.66. The lowest BCUT2D eigenvalue weighted by atomic mass is 10.0. The quantitative estimate of drug-likeness (QED) is 0.604. The SMILES string of the molecule is Cc1cc(C(=O)N2CCc3[nH]c4c(Br)cccc4c3C2)cc(S(=O)(=O)N(C)C)c1C. The molecule has 0 aliphatic carbocycles. The molecule has 2 heterocycles. The van der Waals surface area contributed by atoms with Crippen LogP contribution in [0.4, 0.5) is 0 Å². The van der Waals surface area contributed by atoms with E-state index in [2.05, 4.69) is 27.0 Å². The zero-order valence-electron chi connectivity index (χ0n) is 17.4. The predicted molar refractivity (Wildman–Crippen MR) is 121 cm³/mol. The normalized spacial score (nSPS) is 14.4. The van der Waals surface area contributed by atoms with Gasteiger partial charge in [0.1, 0.15) is 0 Å². The minimum Gasteiger partial charge on any atom is -0.357 e. The van der Waals surface area contributed by atoms with Crippen LogP contribution in [0.3, 0.4) is 0 Å². The Hall–Kier alpha value is -2.16. The maximum Gasteiger partial charge on any atom is 0.254 e. The molecular weight excluding hydrogens is 466 g/mol. The minimum absolute atomic E-state index is 0.150. The zero-order chi connectivity index (χ0) is 21.8. The Kier molecular flexibility index (Phi) is 5.28. The van der Waals surface area contributed by atoms with Gasteiger partial charge >= 0.3 is 0 Å². The van der Waals surface area contributed by atoms with Crippen LogP contribution in [-0.4, -0.2) is 49.2 Å². The molecule has 0 spiro atoms. The highest BCUT2D eigenvalue weighted by molar-refractivity contribution is 9.10. The Morgan fingerprint density at radius 1 is 1.20 bits per heavy atom. The Bertz CT molecular complexity index is 1280. The second-order valence-corrected chi connectivity index (χ2v) is 10.9. The van der Waals surface area contributed by atoms with Gasteiger partial charge in [-0.15, -0.1) is 0 Å². The Labute approximate surface area is 185 Å². The standard InChI is InChI=1S/C22H24BrN3O3S/c1-13-10-15(11-20(14(13)2)30(28,29)25(3)4)22(27)26-9-8-19-17(12-26)16-6-5-7-18(23)21(16)24-19/h5-7,10-11,24H,8-9,12H2,1-4H3. The number of nitrogens with zero attached hydrogens (tertiary/aromatic N) is 2. The lowest BCUT2D eigenvalue weighted by molar-refractivity contribution is 0.0734. The van der Waals surface area contributed by atoms with Gasteiger partial charge in [0.25, 0.3) is 5.91 Å². The molecule has 0 fully saturated rings. The van der Waals surface area contributed by atoms with Crippen LogP contribution in [0.15, 0.2) is 39.7 Å². The lowest BCUT2D eigenvalue weighted by Gasteiger charge is -2.28. The Morgan fingerprint density at radius 2 is 1.93 bits per heavy atom. The van der Waals surface area contributed by atoms with E-state index in [-0.39, 0.29) is 10.8 Å². The number of carbonyl (C=O) groups is 1. The van der Waals surface area contributed by atoms with Crippen LogP contribution in [-0.2, 0) is 23.0 Å². The number of halogens is 1. The number of sulfonamides is 1. The summed E-state index contributed by atoms with van der Waals surface area (Å²) in [6.07, 6.45) is 0.732. The molecule has 8 heteroatoms. The number of rotatable bonds is 3. The first-order valence-corrected chi connectivity index (χ1v) is 12.0. The minimum atomic E-state index is -3.64. The van der Waals surface area contributed by atoms with E-state index in [1.54, 1.807) is 17.9 Å². The van der Waals surface area contributed by atoms with E-state index in [4.69, 9.17) is 0 Å². The number of aryl methyl sites for hydroxylation is 1. The summed E-state index contributed by atoms with van der Waals surface area (Å²) >= 11 is 3.58. The first-order chi connectivity index (χ1) is 14.1. The number of hydrogen-bond donors (Lipinski definition) is 1. The molecular formula is C22H24BrN3O3S. The molecule has 1 amide bonds. The summed E-state index contributed by atoms with van der Waals surface area (Å²) in [5, 5.41) is 1.10. The Balaban J connectivity index is 1.72. The first-order valence-electron chi connectivity index (χ1n) is 9.72. The maximum absolute atomic E-state index is 13.3. The largest absolute Gasteiger partial charge is 0.357 e. The molecule has 1 aliphatic heterocycles. The second-order valence-electron chi connectivity index (χ2n) is 7.92. The van der Waals surface area contributed by atoms with E-state index >= 15 is 0 Å². The molecule has 0 saturated carbocycles. The van der Waals surface area contributed by atoms with Gasteiger partial charge in [-0.3, -0.25) is 4.79 Å². The van der Waals surface area contributed by atoms with Crippen molar-refractivity contribution in [1.82, 2.24) is 14.2 Å². The van der Waals surface area contributed by atoms with E-state index < -0.39 is 10.0 Å². The van der Waals surface area contributed by atoms with E-state index in [0.29, 0.717) is 24.2 Å². The van der Waals surface area contributed by atoms with Gasteiger partial charge in [-0.2, -0.15) is 0 Å². The molecule has 2 aromatic carbocycles. The Morgan fingerprint density at radius 3 is 2.63 bits per heavy atom. The van der Waals surface area contributed by atoms with Crippen molar-refractivity contribution < 1.29 is 13.2 Å². The number of fused-ring (bicyclic) bond motifs is 3. The topological polar surface area (TPSA) is 73.5 Å². The number of H-pyrrole nitrogens is 1. The molecule has 1 aliphatic rings.